The van der Waals surface area contributed by atoms with E-state index >= 15 is 0 Å². The minimum atomic E-state index is -0.866. The number of esters is 1. The number of amides is 1. The van der Waals surface area contributed by atoms with E-state index in [1.54, 1.807) is 0 Å². The Morgan fingerprint density at radius 2 is 1.93 bits per heavy atom. The van der Waals surface area contributed by atoms with Gasteiger partial charge in [0, 0.05) is 12.5 Å². The van der Waals surface area contributed by atoms with Crippen LogP contribution in [0.5, 0.6) is 0 Å². The number of methoxy groups -OCH3 is 1. The Kier molecular flexibility index (Phi) is 7.59. The molecule has 142 valence electrons. The number of rotatable bonds is 9. The highest BCUT2D eigenvalue weighted by atomic mass is 32.1. The number of thiazole rings is 1. The van der Waals surface area contributed by atoms with Crippen LogP contribution in [0.4, 0.5) is 5.13 Å². The van der Waals surface area contributed by atoms with Gasteiger partial charge in [-0.1, -0.05) is 35.5 Å². The second-order valence-electron chi connectivity index (χ2n) is 5.03. The molecule has 27 heavy (non-hydrogen) atoms. The first-order chi connectivity index (χ1) is 13.0. The Bertz CT molecular complexity index is 834. The summed E-state index contributed by atoms with van der Waals surface area (Å²) in [5.74, 6) is -2.35. The van der Waals surface area contributed by atoms with E-state index in [-0.39, 0.29) is 29.8 Å². The van der Waals surface area contributed by atoms with Crippen molar-refractivity contribution in [2.24, 2.45) is 5.16 Å². The number of anilines is 1. The van der Waals surface area contributed by atoms with Gasteiger partial charge >= 0.3 is 5.97 Å². The van der Waals surface area contributed by atoms with Crippen molar-refractivity contribution in [2.45, 2.75) is 6.61 Å². The fourth-order valence-electron chi connectivity index (χ4n) is 1.87. The van der Waals surface area contributed by atoms with E-state index in [9.17, 15) is 14.4 Å². The summed E-state index contributed by atoms with van der Waals surface area (Å²) in [6, 6.07) is 9.13. The molecule has 0 aliphatic rings. The molecule has 0 bridgehead atoms. The summed E-state index contributed by atoms with van der Waals surface area (Å²) in [7, 11) is 2.59. The maximum atomic E-state index is 12.3. The normalized spacial score (nSPS) is 11.0. The first kappa shape index (κ1) is 20.2. The number of carbonyl (C=O) groups is 3. The standard InChI is InChI=1S/C17H17N3O6S/c1-24-9-13(21)15(22)19-17-18-12(10-27-17)14(20-25-2)16(23)26-8-11-6-4-3-5-7-11/h3-7,10H,8-9H2,1-2H3,(H,18,19,22). The van der Waals surface area contributed by atoms with Crippen LogP contribution in [0, 0.1) is 0 Å². The molecule has 9 nitrogen and oxygen atoms in total. The molecule has 0 fully saturated rings. The number of Topliss-reactive ketones (excluding diaryl/α,β-unsaturated/α-hetero) is 1. The molecule has 0 radical (unpaired) electrons. The van der Waals surface area contributed by atoms with Crippen molar-refractivity contribution in [3.8, 4) is 0 Å². The maximum Gasteiger partial charge on any atom is 0.363 e. The molecule has 1 amide bonds. The van der Waals surface area contributed by atoms with E-state index in [1.807, 2.05) is 30.3 Å². The van der Waals surface area contributed by atoms with Gasteiger partial charge in [0.15, 0.2) is 5.13 Å². The van der Waals surface area contributed by atoms with Gasteiger partial charge in [-0.05, 0) is 5.56 Å². The van der Waals surface area contributed by atoms with E-state index in [4.69, 9.17) is 4.74 Å². The van der Waals surface area contributed by atoms with Gasteiger partial charge in [0.05, 0.1) is 0 Å². The molecule has 10 heteroatoms. The molecule has 2 aromatic rings. The molecule has 0 atom stereocenters. The lowest BCUT2D eigenvalue weighted by Gasteiger charge is -2.05. The summed E-state index contributed by atoms with van der Waals surface area (Å²) >= 11 is 1.02. The smallest absolute Gasteiger partial charge is 0.363 e. The monoisotopic (exact) mass is 391 g/mol. The van der Waals surface area contributed by atoms with E-state index in [0.717, 1.165) is 16.9 Å². The van der Waals surface area contributed by atoms with Crippen LogP contribution in [0.15, 0.2) is 40.9 Å². The minimum absolute atomic E-state index is 0.0572. The largest absolute Gasteiger partial charge is 0.456 e. The number of aromatic nitrogens is 1. The summed E-state index contributed by atoms with van der Waals surface area (Å²) in [5, 5.41) is 7.59. The van der Waals surface area contributed by atoms with Crippen molar-refractivity contribution in [1.82, 2.24) is 4.98 Å². The zero-order valence-corrected chi connectivity index (χ0v) is 15.4. The Morgan fingerprint density at radius 3 is 2.59 bits per heavy atom. The first-order valence-electron chi connectivity index (χ1n) is 7.66. The number of ketones is 1. The predicted molar refractivity (Wildman–Crippen MR) is 97.4 cm³/mol. The van der Waals surface area contributed by atoms with Crippen LogP contribution in [0.2, 0.25) is 0 Å². The molecule has 1 aromatic heterocycles. The summed E-state index contributed by atoms with van der Waals surface area (Å²) in [5.41, 5.74) is 0.799. The van der Waals surface area contributed by atoms with Gasteiger partial charge in [0.25, 0.3) is 5.91 Å². The quantitative estimate of drug-likeness (QED) is 0.297. The number of ether oxygens (including phenoxy) is 2. The number of nitrogens with one attached hydrogen (secondary N) is 1. The van der Waals surface area contributed by atoms with E-state index in [0.29, 0.717) is 0 Å². The Morgan fingerprint density at radius 1 is 1.19 bits per heavy atom. The molecule has 0 unspecified atom stereocenters. The van der Waals surface area contributed by atoms with E-state index in [2.05, 4.69) is 25.0 Å². The second-order valence-corrected chi connectivity index (χ2v) is 5.89. The third-order valence-electron chi connectivity index (χ3n) is 3.08. The van der Waals surface area contributed by atoms with Gasteiger partial charge in [-0.25, -0.2) is 9.78 Å². The molecule has 1 N–H and O–H groups in total. The third kappa shape index (κ3) is 5.97. The van der Waals surface area contributed by atoms with Crippen LogP contribution < -0.4 is 5.32 Å². The van der Waals surface area contributed by atoms with E-state index < -0.39 is 17.7 Å². The molecular weight excluding hydrogens is 374 g/mol. The maximum absolute atomic E-state index is 12.3. The molecule has 0 aliphatic carbocycles. The fourth-order valence-corrected chi connectivity index (χ4v) is 2.57. The molecular formula is C17H17N3O6S. The number of benzene rings is 1. The van der Waals surface area contributed by atoms with Crippen molar-refractivity contribution in [1.29, 1.82) is 0 Å². The lowest BCUT2D eigenvalue weighted by molar-refractivity contribution is -0.137. The topological polar surface area (TPSA) is 116 Å². The molecule has 0 saturated carbocycles. The summed E-state index contributed by atoms with van der Waals surface area (Å²) < 4.78 is 9.82. The lowest BCUT2D eigenvalue weighted by Crippen LogP contribution is -2.26. The number of nitrogens with zero attached hydrogens (tertiary/aromatic N) is 2. The van der Waals surface area contributed by atoms with Crippen LogP contribution in [0.25, 0.3) is 0 Å². The Balaban J connectivity index is 2.05. The summed E-state index contributed by atoms with van der Waals surface area (Å²) in [6.07, 6.45) is 0. The average Bonchev–Trinajstić information content (AvgIpc) is 3.13. The molecule has 0 spiro atoms. The molecule has 1 heterocycles. The molecule has 1 aromatic carbocycles. The zero-order valence-electron chi connectivity index (χ0n) is 14.6. The van der Waals surface area contributed by atoms with Crippen molar-refractivity contribution in [3.05, 3.63) is 47.0 Å². The highest BCUT2D eigenvalue weighted by Crippen LogP contribution is 2.17. The molecule has 0 aliphatic heterocycles. The SMILES string of the molecule is COCC(=O)C(=O)Nc1nc(C(=NOC)C(=O)OCc2ccccc2)cs1. The number of carbonyl (C=O) groups excluding carboxylic acids is 3. The third-order valence-corrected chi connectivity index (χ3v) is 3.84. The van der Waals surface area contributed by atoms with Crippen LogP contribution in [-0.2, 0) is 35.3 Å². The van der Waals surface area contributed by atoms with Gasteiger partial charge < -0.3 is 14.3 Å². The van der Waals surface area contributed by atoms with Crippen molar-refractivity contribution < 1.29 is 28.7 Å². The summed E-state index contributed by atoms with van der Waals surface area (Å²) in [6.45, 7) is -0.284. The van der Waals surface area contributed by atoms with Crippen molar-refractivity contribution >= 4 is 39.8 Å². The van der Waals surface area contributed by atoms with Gasteiger partial charge in [-0.15, -0.1) is 11.3 Å². The van der Waals surface area contributed by atoms with Crippen molar-refractivity contribution in [2.75, 3.05) is 26.1 Å². The minimum Gasteiger partial charge on any atom is -0.456 e. The highest BCUT2D eigenvalue weighted by Gasteiger charge is 2.22. The van der Waals surface area contributed by atoms with E-state index in [1.165, 1.54) is 19.6 Å². The van der Waals surface area contributed by atoms with Gasteiger partial charge in [-0.2, -0.15) is 0 Å². The lowest BCUT2D eigenvalue weighted by atomic mass is 10.2. The number of hydrogen-bond donors (Lipinski definition) is 1. The van der Waals surface area contributed by atoms with Crippen molar-refractivity contribution in [3.63, 3.8) is 0 Å². The predicted octanol–water partition coefficient (Wildman–Crippen LogP) is 1.39. The summed E-state index contributed by atoms with van der Waals surface area (Å²) in [4.78, 5) is 44.2. The molecule has 0 saturated heterocycles. The van der Waals surface area contributed by atoms with Crippen LogP contribution in [-0.4, -0.2) is 49.2 Å². The van der Waals surface area contributed by atoms with Crippen LogP contribution >= 0.6 is 11.3 Å². The van der Waals surface area contributed by atoms with Gasteiger partial charge in [0.2, 0.25) is 11.5 Å². The Hall–Kier alpha value is -3.11. The molecule has 2 rings (SSSR count). The van der Waals surface area contributed by atoms with Gasteiger partial charge in [-0.3, -0.25) is 14.9 Å². The number of hydrogen-bond acceptors (Lipinski definition) is 9. The van der Waals surface area contributed by atoms with Crippen LogP contribution in [0.1, 0.15) is 11.3 Å². The van der Waals surface area contributed by atoms with Crippen LogP contribution in [0.3, 0.4) is 0 Å². The fraction of sp³-hybridized carbons (Fsp3) is 0.235. The zero-order chi connectivity index (χ0) is 19.6. The average molecular weight is 391 g/mol. The highest BCUT2D eigenvalue weighted by molar-refractivity contribution is 7.14. The number of oxime groups is 1. The second kappa shape index (κ2) is 10.1. The van der Waals surface area contributed by atoms with Gasteiger partial charge in [0.1, 0.15) is 26.0 Å². The Labute approximate surface area is 158 Å². The first-order valence-corrected chi connectivity index (χ1v) is 8.54.